The van der Waals surface area contributed by atoms with E-state index in [4.69, 9.17) is 0 Å². The fraction of sp³-hybridized carbons (Fsp3) is 0.417. The maximum atomic E-state index is 12.7. The molecule has 1 atom stereocenters. The summed E-state index contributed by atoms with van der Waals surface area (Å²) in [6.07, 6.45) is 0. The van der Waals surface area contributed by atoms with Gasteiger partial charge in [-0.15, -0.1) is 0 Å². The number of hydrogen-bond donors (Lipinski definition) is 3. The molecule has 9 heteroatoms. The van der Waals surface area contributed by atoms with E-state index in [9.17, 15) is 18.0 Å². The predicted octanol–water partition coefficient (Wildman–Crippen LogP) is 2.41. The number of nitrogens with zero attached hydrogens (tertiary/aromatic N) is 1. The number of aryl methyl sites for hydroxylation is 1. The van der Waals surface area contributed by atoms with E-state index >= 15 is 0 Å². The summed E-state index contributed by atoms with van der Waals surface area (Å²) in [5.74, 6) is -1.10. The molecule has 0 aromatic heterocycles. The zero-order valence-corrected chi connectivity index (χ0v) is 20.2. The molecular weight excluding hydrogens is 440 g/mol. The van der Waals surface area contributed by atoms with Crippen LogP contribution in [0.4, 0.5) is 11.4 Å². The highest BCUT2D eigenvalue weighted by atomic mass is 32.2. The van der Waals surface area contributed by atoms with Gasteiger partial charge in [0.15, 0.2) is 9.84 Å². The highest BCUT2D eigenvalue weighted by Crippen LogP contribution is 2.28. The van der Waals surface area contributed by atoms with Crippen LogP contribution < -0.4 is 16.0 Å². The van der Waals surface area contributed by atoms with E-state index in [1.807, 2.05) is 19.1 Å². The number of benzene rings is 2. The van der Waals surface area contributed by atoms with Crippen LogP contribution in [0.5, 0.6) is 0 Å². The first-order chi connectivity index (χ1) is 15.7. The van der Waals surface area contributed by atoms with Crippen molar-refractivity contribution in [3.05, 3.63) is 59.2 Å². The van der Waals surface area contributed by atoms with Gasteiger partial charge in [0.2, 0.25) is 5.91 Å². The normalized spacial score (nSPS) is 15.5. The average Bonchev–Trinajstić information content (AvgIpc) is 2.78. The molecule has 0 fully saturated rings. The van der Waals surface area contributed by atoms with E-state index in [2.05, 4.69) is 34.7 Å². The number of rotatable bonds is 10. The third-order valence-electron chi connectivity index (χ3n) is 5.85. The van der Waals surface area contributed by atoms with Crippen molar-refractivity contribution in [1.82, 2.24) is 10.2 Å². The van der Waals surface area contributed by atoms with E-state index in [1.165, 1.54) is 0 Å². The van der Waals surface area contributed by atoms with Gasteiger partial charge < -0.3 is 20.9 Å². The van der Waals surface area contributed by atoms with E-state index in [-0.39, 0.29) is 17.4 Å². The van der Waals surface area contributed by atoms with Crippen molar-refractivity contribution < 1.29 is 18.0 Å². The fourth-order valence-electron chi connectivity index (χ4n) is 3.80. The number of likely N-dealkylation sites (N-methyl/N-ethyl adjacent to an activating group) is 1. The van der Waals surface area contributed by atoms with Gasteiger partial charge >= 0.3 is 0 Å². The summed E-state index contributed by atoms with van der Waals surface area (Å²) < 4.78 is 25.5. The number of carbonyl (C=O) groups excluding carboxylic acids is 2. The SMILES string of the molecule is CCN(CC)CCNC(=O)c1ccc2c(c1)NC(=O)[C@H](CS(=O)(=O)Cc1ccccc1C)N2. The summed E-state index contributed by atoms with van der Waals surface area (Å²) >= 11 is 0. The van der Waals surface area contributed by atoms with Gasteiger partial charge in [0.1, 0.15) is 6.04 Å². The lowest BCUT2D eigenvalue weighted by molar-refractivity contribution is -0.116. The van der Waals surface area contributed by atoms with Gasteiger partial charge in [-0.25, -0.2) is 8.42 Å². The maximum absolute atomic E-state index is 12.7. The Bertz CT molecular complexity index is 1110. The monoisotopic (exact) mass is 472 g/mol. The third-order valence-corrected chi connectivity index (χ3v) is 7.44. The predicted molar refractivity (Wildman–Crippen MR) is 131 cm³/mol. The number of fused-ring (bicyclic) bond motifs is 1. The lowest BCUT2D eigenvalue weighted by Crippen LogP contribution is -2.43. The van der Waals surface area contributed by atoms with Crippen LogP contribution in [0.2, 0.25) is 0 Å². The van der Waals surface area contributed by atoms with Crippen LogP contribution in [0.3, 0.4) is 0 Å². The Kier molecular flexibility index (Phi) is 8.10. The number of hydrogen-bond acceptors (Lipinski definition) is 6. The molecule has 8 nitrogen and oxygen atoms in total. The molecule has 178 valence electrons. The van der Waals surface area contributed by atoms with Crippen LogP contribution in [0.1, 0.15) is 35.3 Å². The minimum Gasteiger partial charge on any atom is -0.371 e. The summed E-state index contributed by atoms with van der Waals surface area (Å²) in [5.41, 5.74) is 3.11. The van der Waals surface area contributed by atoms with Crippen LogP contribution in [-0.4, -0.2) is 63.1 Å². The molecule has 0 saturated carbocycles. The van der Waals surface area contributed by atoms with Crippen LogP contribution in [0.15, 0.2) is 42.5 Å². The average molecular weight is 473 g/mol. The molecule has 0 aliphatic carbocycles. The lowest BCUT2D eigenvalue weighted by Gasteiger charge is -2.27. The number of amides is 2. The summed E-state index contributed by atoms with van der Waals surface area (Å²) in [5, 5.41) is 8.65. The molecule has 2 aromatic rings. The van der Waals surface area contributed by atoms with Crippen LogP contribution in [0.25, 0.3) is 0 Å². The summed E-state index contributed by atoms with van der Waals surface area (Å²) in [6.45, 7) is 9.15. The van der Waals surface area contributed by atoms with Gasteiger partial charge in [-0.05, 0) is 49.3 Å². The van der Waals surface area contributed by atoms with Gasteiger partial charge in [-0.3, -0.25) is 9.59 Å². The lowest BCUT2D eigenvalue weighted by atomic mass is 10.1. The molecule has 1 aliphatic rings. The molecule has 0 bridgehead atoms. The first-order valence-electron chi connectivity index (χ1n) is 11.2. The van der Waals surface area contributed by atoms with E-state index < -0.39 is 21.8 Å². The number of carbonyl (C=O) groups is 2. The van der Waals surface area contributed by atoms with Crippen molar-refractivity contribution in [1.29, 1.82) is 0 Å². The van der Waals surface area contributed by atoms with Crippen LogP contribution in [-0.2, 0) is 20.4 Å². The van der Waals surface area contributed by atoms with Crippen molar-refractivity contribution in [2.75, 3.05) is 42.6 Å². The Morgan fingerprint density at radius 1 is 1.09 bits per heavy atom. The number of anilines is 2. The van der Waals surface area contributed by atoms with Gasteiger partial charge in [0.25, 0.3) is 5.91 Å². The molecule has 1 heterocycles. The first kappa shape index (κ1) is 24.7. The van der Waals surface area contributed by atoms with Gasteiger partial charge in [0.05, 0.1) is 22.9 Å². The van der Waals surface area contributed by atoms with Crippen molar-refractivity contribution in [3.8, 4) is 0 Å². The Hall–Kier alpha value is -2.91. The standard InChI is InChI=1S/C24H32N4O4S/c1-4-28(5-2)13-12-25-23(29)18-10-11-20-21(14-18)27-24(30)22(26-20)16-33(31,32)15-19-9-7-6-8-17(19)3/h6-11,14,22,26H,4-5,12-13,15-16H2,1-3H3,(H,25,29)(H,27,30)/t22-/m0/s1. The topological polar surface area (TPSA) is 108 Å². The molecule has 0 spiro atoms. The minimum absolute atomic E-state index is 0.120. The number of nitrogens with one attached hydrogen (secondary N) is 3. The molecule has 0 saturated heterocycles. The second kappa shape index (κ2) is 10.8. The molecule has 3 N–H and O–H groups in total. The van der Waals surface area contributed by atoms with Gasteiger partial charge in [-0.2, -0.15) is 0 Å². The molecule has 2 aromatic carbocycles. The smallest absolute Gasteiger partial charge is 0.251 e. The van der Waals surface area contributed by atoms with E-state index in [1.54, 1.807) is 30.3 Å². The molecule has 0 unspecified atom stereocenters. The van der Waals surface area contributed by atoms with E-state index in [0.717, 1.165) is 30.8 Å². The zero-order valence-electron chi connectivity index (χ0n) is 19.3. The highest BCUT2D eigenvalue weighted by molar-refractivity contribution is 7.90. The Morgan fingerprint density at radius 2 is 1.82 bits per heavy atom. The second-order valence-electron chi connectivity index (χ2n) is 8.21. The Labute approximate surface area is 195 Å². The van der Waals surface area contributed by atoms with Crippen molar-refractivity contribution >= 4 is 33.0 Å². The second-order valence-corrected chi connectivity index (χ2v) is 10.3. The van der Waals surface area contributed by atoms with Crippen molar-refractivity contribution in [2.45, 2.75) is 32.6 Å². The zero-order chi connectivity index (χ0) is 24.0. The molecule has 2 amide bonds. The summed E-state index contributed by atoms with van der Waals surface area (Å²) in [7, 11) is -3.53. The molecule has 3 rings (SSSR count). The van der Waals surface area contributed by atoms with Crippen LogP contribution >= 0.6 is 0 Å². The number of sulfone groups is 1. The van der Waals surface area contributed by atoms with Crippen molar-refractivity contribution in [3.63, 3.8) is 0 Å². The van der Waals surface area contributed by atoms with Gasteiger partial charge in [0, 0.05) is 18.7 Å². The third kappa shape index (κ3) is 6.55. The Morgan fingerprint density at radius 3 is 2.52 bits per heavy atom. The van der Waals surface area contributed by atoms with Crippen molar-refractivity contribution in [2.24, 2.45) is 0 Å². The van der Waals surface area contributed by atoms with Gasteiger partial charge in [-0.1, -0.05) is 38.1 Å². The van der Waals surface area contributed by atoms with E-state index in [0.29, 0.717) is 23.5 Å². The highest BCUT2D eigenvalue weighted by Gasteiger charge is 2.30. The maximum Gasteiger partial charge on any atom is 0.251 e. The molecular formula is C24H32N4O4S. The molecule has 0 radical (unpaired) electrons. The largest absolute Gasteiger partial charge is 0.371 e. The minimum atomic E-state index is -3.53. The fourth-order valence-corrected chi connectivity index (χ4v) is 5.45. The summed E-state index contributed by atoms with van der Waals surface area (Å²) in [6, 6.07) is 11.4. The van der Waals surface area contributed by atoms with Crippen LogP contribution in [0, 0.1) is 6.92 Å². The first-order valence-corrected chi connectivity index (χ1v) is 13.0. The quantitative estimate of drug-likeness (QED) is 0.490. The molecule has 1 aliphatic heterocycles. The molecule has 33 heavy (non-hydrogen) atoms. The summed E-state index contributed by atoms with van der Waals surface area (Å²) in [4.78, 5) is 27.3. The Balaban J connectivity index is 1.63.